The number of rotatable bonds is 6. The predicted molar refractivity (Wildman–Crippen MR) is 119 cm³/mol. The van der Waals surface area contributed by atoms with E-state index in [1.165, 1.54) is 12.1 Å². The first-order chi connectivity index (χ1) is 13.8. The van der Waals surface area contributed by atoms with Crippen molar-refractivity contribution >= 4 is 72.1 Å². The zero-order chi connectivity index (χ0) is 21.0. The summed E-state index contributed by atoms with van der Waals surface area (Å²) >= 11 is 9.64. The van der Waals surface area contributed by atoms with Crippen molar-refractivity contribution < 1.29 is 18.0 Å². The topological polar surface area (TPSA) is 95.6 Å². The van der Waals surface area contributed by atoms with E-state index in [1.54, 1.807) is 24.3 Å². The molecule has 11 heteroatoms. The van der Waals surface area contributed by atoms with Crippen LogP contribution in [0.5, 0.6) is 0 Å². The van der Waals surface area contributed by atoms with Gasteiger partial charge in [-0.15, -0.1) is 4.83 Å². The third-order valence-electron chi connectivity index (χ3n) is 3.70. The van der Waals surface area contributed by atoms with Crippen molar-refractivity contribution in [3.63, 3.8) is 0 Å². The van der Waals surface area contributed by atoms with E-state index in [4.69, 9.17) is 12.2 Å². The van der Waals surface area contributed by atoms with Crippen molar-refractivity contribution in [1.82, 2.24) is 15.2 Å². The first-order valence-corrected chi connectivity index (χ1v) is 11.6. The van der Waals surface area contributed by atoms with Crippen molar-refractivity contribution in [1.29, 1.82) is 0 Å². The fourth-order valence-corrected chi connectivity index (χ4v) is 4.90. The Bertz CT molecular complexity index is 1100. The van der Waals surface area contributed by atoms with Crippen LogP contribution >= 0.6 is 39.9 Å². The lowest BCUT2D eigenvalue weighted by Gasteiger charge is -2.14. The first kappa shape index (κ1) is 21.7. The SMILES string of the molecule is O=C(CN1C(=O)C(=Cc2cccc(Br)c2)SC1=S)NNS(=O)(=O)c1ccccc1. The summed E-state index contributed by atoms with van der Waals surface area (Å²) in [7, 11) is -3.91. The maximum atomic E-state index is 12.6. The van der Waals surface area contributed by atoms with Gasteiger partial charge in [0.25, 0.3) is 21.8 Å². The molecule has 29 heavy (non-hydrogen) atoms. The molecule has 150 valence electrons. The third kappa shape index (κ3) is 5.52. The Hall–Kier alpha value is -2.05. The largest absolute Gasteiger partial charge is 0.283 e. The molecule has 0 unspecified atom stereocenters. The molecule has 2 N–H and O–H groups in total. The van der Waals surface area contributed by atoms with Crippen LogP contribution < -0.4 is 10.3 Å². The van der Waals surface area contributed by atoms with Crippen LogP contribution in [0.3, 0.4) is 0 Å². The molecule has 0 saturated carbocycles. The number of nitrogens with zero attached hydrogens (tertiary/aromatic N) is 1. The van der Waals surface area contributed by atoms with Crippen LogP contribution in [-0.2, 0) is 19.6 Å². The highest BCUT2D eigenvalue weighted by Gasteiger charge is 2.33. The molecule has 3 rings (SSSR count). The van der Waals surface area contributed by atoms with Gasteiger partial charge in [-0.3, -0.25) is 19.9 Å². The van der Waals surface area contributed by atoms with Crippen LogP contribution in [-0.4, -0.2) is 36.0 Å². The second-order valence-corrected chi connectivity index (χ2v) is 10.1. The van der Waals surface area contributed by atoms with Gasteiger partial charge in [0.15, 0.2) is 0 Å². The Kier molecular flexibility index (Phi) is 6.85. The Balaban J connectivity index is 1.63. The summed E-state index contributed by atoms with van der Waals surface area (Å²) < 4.78 is 25.4. The number of amides is 2. The predicted octanol–water partition coefficient (Wildman–Crippen LogP) is 2.66. The molecule has 0 bridgehead atoms. The number of hydrogen-bond acceptors (Lipinski definition) is 6. The summed E-state index contributed by atoms with van der Waals surface area (Å²) in [6, 6.07) is 15.0. The van der Waals surface area contributed by atoms with Crippen molar-refractivity contribution in [3.05, 3.63) is 69.5 Å². The molecule has 1 heterocycles. The van der Waals surface area contributed by atoms with E-state index in [0.717, 1.165) is 26.7 Å². The minimum atomic E-state index is -3.91. The summed E-state index contributed by atoms with van der Waals surface area (Å²) in [5.74, 6) is -1.13. The number of hydrogen-bond donors (Lipinski definition) is 2. The minimum Gasteiger partial charge on any atom is -0.283 e. The normalized spacial score (nSPS) is 15.8. The van der Waals surface area contributed by atoms with Crippen LogP contribution in [0.4, 0.5) is 0 Å². The smallest absolute Gasteiger partial charge is 0.266 e. The molecule has 0 aliphatic carbocycles. The highest BCUT2D eigenvalue weighted by Crippen LogP contribution is 2.32. The Morgan fingerprint density at radius 2 is 1.90 bits per heavy atom. The zero-order valence-electron chi connectivity index (χ0n) is 14.7. The van der Waals surface area contributed by atoms with E-state index in [1.807, 2.05) is 29.1 Å². The molecule has 0 spiro atoms. The third-order valence-corrected chi connectivity index (χ3v) is 6.83. The lowest BCUT2D eigenvalue weighted by atomic mass is 10.2. The van der Waals surface area contributed by atoms with Gasteiger partial charge in [-0.05, 0) is 35.9 Å². The molecule has 2 amide bonds. The average molecular weight is 512 g/mol. The van der Waals surface area contributed by atoms with Gasteiger partial charge in [0, 0.05) is 4.47 Å². The van der Waals surface area contributed by atoms with Crippen LogP contribution in [0, 0.1) is 0 Å². The summed E-state index contributed by atoms with van der Waals surface area (Å²) in [5, 5.41) is 0. The number of carbonyl (C=O) groups is 2. The van der Waals surface area contributed by atoms with Gasteiger partial charge in [0.1, 0.15) is 10.9 Å². The number of thioether (sulfide) groups is 1. The molecule has 2 aromatic carbocycles. The standard InChI is InChI=1S/C18H14BrN3O4S3/c19-13-6-4-5-12(9-13)10-15-17(24)22(18(27)28-15)11-16(23)20-21-29(25,26)14-7-2-1-3-8-14/h1-10,21H,11H2,(H,20,23). The molecule has 0 atom stereocenters. The van der Waals surface area contributed by atoms with Gasteiger partial charge in [-0.1, -0.05) is 70.2 Å². The van der Waals surface area contributed by atoms with Crippen LogP contribution in [0.25, 0.3) is 6.08 Å². The van der Waals surface area contributed by atoms with E-state index in [0.29, 0.717) is 4.91 Å². The highest BCUT2D eigenvalue weighted by molar-refractivity contribution is 9.10. The lowest BCUT2D eigenvalue weighted by molar-refractivity contribution is -0.128. The highest BCUT2D eigenvalue weighted by atomic mass is 79.9. The Morgan fingerprint density at radius 1 is 1.17 bits per heavy atom. The van der Waals surface area contributed by atoms with E-state index in [9.17, 15) is 18.0 Å². The fraction of sp³-hybridized carbons (Fsp3) is 0.0556. The molecular formula is C18H14BrN3O4S3. The van der Waals surface area contributed by atoms with Crippen molar-refractivity contribution in [3.8, 4) is 0 Å². The number of halogens is 1. The number of sulfonamides is 1. The van der Waals surface area contributed by atoms with E-state index in [-0.39, 0.29) is 9.22 Å². The second-order valence-electron chi connectivity index (χ2n) is 5.79. The first-order valence-electron chi connectivity index (χ1n) is 8.13. The molecule has 2 aromatic rings. The van der Waals surface area contributed by atoms with Crippen molar-refractivity contribution in [2.24, 2.45) is 0 Å². The maximum Gasteiger partial charge on any atom is 0.266 e. The van der Waals surface area contributed by atoms with E-state index >= 15 is 0 Å². The summed E-state index contributed by atoms with van der Waals surface area (Å²) in [6.45, 7) is -0.405. The number of benzene rings is 2. The van der Waals surface area contributed by atoms with Crippen molar-refractivity contribution in [2.45, 2.75) is 4.90 Å². The number of carbonyl (C=O) groups excluding carboxylic acids is 2. The number of nitrogens with one attached hydrogen (secondary N) is 2. The molecular weight excluding hydrogens is 498 g/mol. The molecule has 1 aliphatic rings. The van der Waals surface area contributed by atoms with Gasteiger partial charge in [0.05, 0.1) is 9.80 Å². The van der Waals surface area contributed by atoms with Gasteiger partial charge in [0.2, 0.25) is 0 Å². The van der Waals surface area contributed by atoms with E-state index < -0.39 is 28.4 Å². The van der Waals surface area contributed by atoms with Crippen molar-refractivity contribution in [2.75, 3.05) is 6.54 Å². The van der Waals surface area contributed by atoms with E-state index in [2.05, 4.69) is 21.4 Å². The summed E-state index contributed by atoms with van der Waals surface area (Å²) in [4.78, 5) is 28.2. The molecule has 7 nitrogen and oxygen atoms in total. The number of thiocarbonyl (C=S) groups is 1. The monoisotopic (exact) mass is 511 g/mol. The van der Waals surface area contributed by atoms with Crippen LogP contribution in [0.2, 0.25) is 0 Å². The zero-order valence-corrected chi connectivity index (χ0v) is 18.7. The maximum absolute atomic E-state index is 12.6. The molecule has 1 fully saturated rings. The molecule has 1 aliphatic heterocycles. The average Bonchev–Trinajstić information content (AvgIpc) is 2.94. The summed E-state index contributed by atoms with van der Waals surface area (Å²) in [5.41, 5.74) is 2.90. The molecule has 0 aromatic heterocycles. The lowest BCUT2D eigenvalue weighted by Crippen LogP contribution is -2.47. The summed E-state index contributed by atoms with van der Waals surface area (Å²) in [6.07, 6.45) is 1.68. The molecule has 1 saturated heterocycles. The second kappa shape index (κ2) is 9.18. The van der Waals surface area contributed by atoms with Gasteiger partial charge in [-0.25, -0.2) is 8.42 Å². The number of hydrazine groups is 1. The minimum absolute atomic E-state index is 0.00265. The Morgan fingerprint density at radius 3 is 2.59 bits per heavy atom. The Labute approximate surface area is 185 Å². The van der Waals surface area contributed by atoms with Gasteiger partial charge < -0.3 is 0 Å². The fourth-order valence-electron chi connectivity index (χ4n) is 2.35. The van der Waals surface area contributed by atoms with Crippen LogP contribution in [0.1, 0.15) is 5.56 Å². The quantitative estimate of drug-likeness (QED) is 0.351. The van der Waals surface area contributed by atoms with Gasteiger partial charge >= 0.3 is 0 Å². The van der Waals surface area contributed by atoms with Gasteiger partial charge in [-0.2, -0.15) is 0 Å². The molecule has 0 radical (unpaired) electrons. The van der Waals surface area contributed by atoms with Crippen LogP contribution in [0.15, 0.2) is 68.9 Å².